The molecule has 0 fully saturated rings. The van der Waals surface area contributed by atoms with Gasteiger partial charge in [-0.1, -0.05) is 12.1 Å². The van der Waals surface area contributed by atoms with Crippen LogP contribution in [0.4, 0.5) is 8.78 Å². The van der Waals surface area contributed by atoms with Crippen LogP contribution < -0.4 is 4.74 Å². The van der Waals surface area contributed by atoms with Crippen molar-refractivity contribution in [3.63, 3.8) is 0 Å². The second-order valence-electron chi connectivity index (χ2n) is 6.08. The van der Waals surface area contributed by atoms with Gasteiger partial charge in [-0.2, -0.15) is 0 Å². The zero-order chi connectivity index (χ0) is 20.1. The van der Waals surface area contributed by atoms with Crippen LogP contribution in [-0.4, -0.2) is 28.9 Å². The van der Waals surface area contributed by atoms with E-state index in [0.717, 1.165) is 11.6 Å². The summed E-state index contributed by atoms with van der Waals surface area (Å²) in [5.74, 6) is -0.873. The molecule has 146 valence electrons. The van der Waals surface area contributed by atoms with Gasteiger partial charge < -0.3 is 9.64 Å². The molecule has 0 aliphatic carbocycles. The van der Waals surface area contributed by atoms with Gasteiger partial charge in [0.1, 0.15) is 34.7 Å². The van der Waals surface area contributed by atoms with E-state index in [1.54, 1.807) is 22.4 Å². The van der Waals surface area contributed by atoms with Gasteiger partial charge in [0.05, 0.1) is 5.56 Å². The Kier molecular flexibility index (Phi) is 6.36. The van der Waals surface area contributed by atoms with Crippen LogP contribution in [0.2, 0.25) is 0 Å². The number of carbonyl (C=O) groups is 1. The van der Waals surface area contributed by atoms with Gasteiger partial charge >= 0.3 is 0 Å². The van der Waals surface area contributed by atoms with Gasteiger partial charge in [0.15, 0.2) is 0 Å². The Morgan fingerprint density at radius 2 is 1.79 bits per heavy atom. The zero-order valence-corrected chi connectivity index (χ0v) is 16.4. The molecule has 0 aliphatic rings. The van der Waals surface area contributed by atoms with E-state index in [9.17, 15) is 13.6 Å². The normalized spacial score (nSPS) is 10.7. The molecule has 3 rings (SSSR count). The number of halogens is 2. The summed E-state index contributed by atoms with van der Waals surface area (Å²) in [5.41, 5.74) is 1.51. The number of carbonyl (C=O) groups excluding carboxylic acids is 1. The standard InChI is InChI=1S/C21H20F2N2O2S/c1-3-25(4-2)21(26)18-13-28-20(24-18)17-7-5-6-8-19(17)27-12-14-9-15(22)11-16(23)10-14/h5-11,13H,3-4,12H2,1-2H3. The van der Waals surface area contributed by atoms with Gasteiger partial charge in [-0.15, -0.1) is 11.3 Å². The van der Waals surface area contributed by atoms with E-state index in [0.29, 0.717) is 35.1 Å². The molecule has 1 heterocycles. The van der Waals surface area contributed by atoms with E-state index in [1.807, 2.05) is 26.0 Å². The number of ether oxygens (including phenoxy) is 1. The van der Waals surface area contributed by atoms with Crippen LogP contribution in [0, 0.1) is 11.6 Å². The van der Waals surface area contributed by atoms with Gasteiger partial charge in [0.25, 0.3) is 5.91 Å². The van der Waals surface area contributed by atoms with Crippen molar-refractivity contribution < 1.29 is 18.3 Å². The average Bonchev–Trinajstić information content (AvgIpc) is 3.17. The average molecular weight is 402 g/mol. The number of hydrogen-bond donors (Lipinski definition) is 0. The lowest BCUT2D eigenvalue weighted by Crippen LogP contribution is -2.30. The Bertz CT molecular complexity index is 950. The number of benzene rings is 2. The van der Waals surface area contributed by atoms with E-state index in [1.165, 1.54) is 23.5 Å². The molecular weight excluding hydrogens is 382 g/mol. The van der Waals surface area contributed by atoms with Crippen LogP contribution in [0.1, 0.15) is 29.9 Å². The molecule has 0 bridgehead atoms. The first-order valence-corrected chi connectivity index (χ1v) is 9.81. The highest BCUT2D eigenvalue weighted by Gasteiger charge is 2.18. The first-order valence-electron chi connectivity index (χ1n) is 8.93. The molecule has 0 N–H and O–H groups in total. The van der Waals surface area contributed by atoms with Crippen molar-refractivity contribution >= 4 is 17.2 Å². The summed E-state index contributed by atoms with van der Waals surface area (Å²) in [7, 11) is 0. The number of hydrogen-bond acceptors (Lipinski definition) is 4. The number of thiazole rings is 1. The van der Waals surface area contributed by atoms with Crippen molar-refractivity contribution in [3.8, 4) is 16.3 Å². The van der Waals surface area contributed by atoms with Crippen molar-refractivity contribution in [1.29, 1.82) is 0 Å². The van der Waals surface area contributed by atoms with Crippen molar-refractivity contribution in [3.05, 3.63) is 70.7 Å². The number of para-hydroxylation sites is 1. The maximum absolute atomic E-state index is 13.4. The third-order valence-electron chi connectivity index (χ3n) is 4.21. The van der Waals surface area contributed by atoms with Gasteiger partial charge in [-0.25, -0.2) is 13.8 Å². The van der Waals surface area contributed by atoms with Gasteiger partial charge in [-0.05, 0) is 43.7 Å². The highest BCUT2D eigenvalue weighted by molar-refractivity contribution is 7.13. The first-order chi connectivity index (χ1) is 13.5. The summed E-state index contributed by atoms with van der Waals surface area (Å²) in [6.45, 7) is 5.10. The lowest BCUT2D eigenvalue weighted by molar-refractivity contribution is 0.0768. The molecule has 1 aromatic heterocycles. The quantitative estimate of drug-likeness (QED) is 0.549. The minimum absolute atomic E-state index is 0.0162. The third kappa shape index (κ3) is 4.54. The van der Waals surface area contributed by atoms with E-state index in [4.69, 9.17) is 4.74 Å². The van der Waals surface area contributed by atoms with E-state index in [2.05, 4.69) is 4.98 Å². The second-order valence-corrected chi connectivity index (χ2v) is 6.94. The monoisotopic (exact) mass is 402 g/mol. The molecule has 0 spiro atoms. The molecule has 3 aromatic rings. The van der Waals surface area contributed by atoms with Crippen LogP contribution in [0.15, 0.2) is 47.8 Å². The van der Waals surface area contributed by atoms with E-state index in [-0.39, 0.29) is 12.5 Å². The maximum atomic E-state index is 13.4. The van der Waals surface area contributed by atoms with Crippen LogP contribution in [0.5, 0.6) is 5.75 Å². The molecular formula is C21H20F2N2O2S. The largest absolute Gasteiger partial charge is 0.488 e. The molecule has 2 aromatic carbocycles. The molecule has 0 atom stereocenters. The minimum Gasteiger partial charge on any atom is -0.488 e. The molecule has 1 amide bonds. The fraction of sp³-hybridized carbons (Fsp3) is 0.238. The second kappa shape index (κ2) is 8.93. The molecule has 0 saturated heterocycles. The Labute approximate surface area is 166 Å². The fourth-order valence-electron chi connectivity index (χ4n) is 2.79. The van der Waals surface area contributed by atoms with Crippen molar-refractivity contribution in [2.24, 2.45) is 0 Å². The number of aromatic nitrogens is 1. The lowest BCUT2D eigenvalue weighted by atomic mass is 10.2. The maximum Gasteiger partial charge on any atom is 0.273 e. The summed E-state index contributed by atoms with van der Waals surface area (Å²) in [6.07, 6.45) is 0. The molecule has 28 heavy (non-hydrogen) atoms. The predicted molar refractivity (Wildman–Crippen MR) is 105 cm³/mol. The van der Waals surface area contributed by atoms with Gasteiger partial charge in [0, 0.05) is 24.5 Å². The smallest absolute Gasteiger partial charge is 0.273 e. The Morgan fingerprint density at radius 3 is 2.46 bits per heavy atom. The summed E-state index contributed by atoms with van der Waals surface area (Å²) in [6, 6.07) is 10.5. The van der Waals surface area contributed by atoms with Crippen LogP contribution in [-0.2, 0) is 6.61 Å². The van der Waals surface area contributed by atoms with Crippen molar-refractivity contribution in [2.45, 2.75) is 20.5 Å². The summed E-state index contributed by atoms with van der Waals surface area (Å²) < 4.78 is 32.5. The van der Waals surface area contributed by atoms with Crippen LogP contribution in [0.25, 0.3) is 10.6 Å². The molecule has 0 unspecified atom stereocenters. The topological polar surface area (TPSA) is 42.4 Å². The van der Waals surface area contributed by atoms with E-state index >= 15 is 0 Å². The van der Waals surface area contributed by atoms with Crippen molar-refractivity contribution in [2.75, 3.05) is 13.1 Å². The van der Waals surface area contributed by atoms with E-state index < -0.39 is 11.6 Å². The molecule has 0 aliphatic heterocycles. The molecule has 4 nitrogen and oxygen atoms in total. The first kappa shape index (κ1) is 19.9. The predicted octanol–water partition coefficient (Wildman–Crippen LogP) is 5.15. The lowest BCUT2D eigenvalue weighted by Gasteiger charge is -2.16. The minimum atomic E-state index is -0.647. The summed E-state index contributed by atoms with van der Waals surface area (Å²) >= 11 is 1.35. The van der Waals surface area contributed by atoms with Crippen LogP contribution >= 0.6 is 11.3 Å². The Hall–Kier alpha value is -2.80. The highest BCUT2D eigenvalue weighted by atomic mass is 32.1. The molecule has 0 saturated carbocycles. The van der Waals surface area contributed by atoms with Crippen LogP contribution in [0.3, 0.4) is 0 Å². The van der Waals surface area contributed by atoms with Gasteiger partial charge in [-0.3, -0.25) is 4.79 Å². The van der Waals surface area contributed by atoms with Crippen molar-refractivity contribution in [1.82, 2.24) is 9.88 Å². The number of amides is 1. The molecule has 0 radical (unpaired) electrons. The number of nitrogens with zero attached hydrogens (tertiary/aromatic N) is 2. The SMILES string of the molecule is CCN(CC)C(=O)c1csc(-c2ccccc2OCc2cc(F)cc(F)c2)n1. The molecule has 7 heteroatoms. The zero-order valence-electron chi connectivity index (χ0n) is 15.6. The Balaban J connectivity index is 1.82. The summed E-state index contributed by atoms with van der Waals surface area (Å²) in [4.78, 5) is 18.7. The third-order valence-corrected chi connectivity index (χ3v) is 5.08. The van der Waals surface area contributed by atoms with Gasteiger partial charge in [0.2, 0.25) is 0 Å². The summed E-state index contributed by atoms with van der Waals surface area (Å²) in [5, 5.41) is 2.38. The fourth-order valence-corrected chi connectivity index (χ4v) is 3.62. The number of rotatable bonds is 7. The highest BCUT2D eigenvalue weighted by Crippen LogP contribution is 2.33. The Morgan fingerprint density at radius 1 is 1.11 bits per heavy atom.